The number of aliphatic imine (C=N–C) groups is 1. The summed E-state index contributed by atoms with van der Waals surface area (Å²) < 4.78 is 0. The first-order valence-electron chi connectivity index (χ1n) is 10.7. The Morgan fingerprint density at radius 1 is 1.31 bits per heavy atom. The maximum atomic E-state index is 14.0. The number of aliphatic hydroxyl groups excluding tert-OH is 1. The largest absolute Gasteiger partial charge is 0.393 e. The number of aliphatic hydroxyl groups is 1. The van der Waals surface area contributed by atoms with Crippen LogP contribution in [0.15, 0.2) is 23.2 Å². The highest BCUT2D eigenvalue weighted by molar-refractivity contribution is 6.08. The van der Waals surface area contributed by atoms with Gasteiger partial charge in [-0.15, -0.1) is 0 Å². The Morgan fingerprint density at radius 2 is 2.00 bits per heavy atom. The van der Waals surface area contributed by atoms with Crippen molar-refractivity contribution in [2.45, 2.75) is 57.6 Å². The van der Waals surface area contributed by atoms with Gasteiger partial charge in [0.2, 0.25) is 0 Å². The Labute approximate surface area is 171 Å². The molecule has 152 valence electrons. The maximum absolute atomic E-state index is 14.0. The predicted octanol–water partition coefficient (Wildman–Crippen LogP) is 2.29. The lowest BCUT2D eigenvalue weighted by Gasteiger charge is -2.49. The van der Waals surface area contributed by atoms with Crippen LogP contribution in [-0.4, -0.2) is 34.5 Å². The fourth-order valence-electron chi connectivity index (χ4n) is 6.31. The molecule has 0 unspecified atom stereocenters. The number of nitrogens with two attached hydrogens (primary N) is 1. The summed E-state index contributed by atoms with van der Waals surface area (Å²) in [5.74, 6) is 0.926. The molecule has 4 aliphatic rings. The monoisotopic (exact) mass is 392 g/mol. The van der Waals surface area contributed by atoms with E-state index in [4.69, 9.17) is 10.7 Å². The van der Waals surface area contributed by atoms with Crippen molar-refractivity contribution in [2.75, 3.05) is 6.54 Å². The highest BCUT2D eigenvalue weighted by Gasteiger charge is 2.68. The van der Waals surface area contributed by atoms with Crippen molar-refractivity contribution >= 4 is 11.9 Å². The number of rotatable bonds is 2. The van der Waals surface area contributed by atoms with Crippen molar-refractivity contribution in [3.63, 3.8) is 0 Å². The molecule has 0 radical (unpaired) electrons. The van der Waals surface area contributed by atoms with Gasteiger partial charge in [0, 0.05) is 12.0 Å². The number of hydrogen-bond acceptors (Lipinski definition) is 5. The fourth-order valence-corrected chi connectivity index (χ4v) is 6.31. The molecule has 1 aliphatic heterocycles. The minimum absolute atomic E-state index is 0.0356. The molecule has 0 saturated heterocycles. The van der Waals surface area contributed by atoms with Crippen molar-refractivity contribution < 1.29 is 9.90 Å². The van der Waals surface area contributed by atoms with Gasteiger partial charge in [0.25, 0.3) is 5.91 Å². The third-order valence-electron chi connectivity index (χ3n) is 7.77. The summed E-state index contributed by atoms with van der Waals surface area (Å²) in [6.07, 6.45) is 4.05. The number of guanidine groups is 1. The third kappa shape index (κ3) is 2.43. The molecule has 0 bridgehead atoms. The van der Waals surface area contributed by atoms with Gasteiger partial charge in [-0.1, -0.05) is 19.9 Å². The lowest BCUT2D eigenvalue weighted by Crippen LogP contribution is -2.55. The van der Waals surface area contributed by atoms with Gasteiger partial charge in [0.05, 0.1) is 17.7 Å². The van der Waals surface area contributed by atoms with Crippen LogP contribution >= 0.6 is 0 Å². The van der Waals surface area contributed by atoms with Crippen LogP contribution in [0.5, 0.6) is 0 Å². The van der Waals surface area contributed by atoms with Gasteiger partial charge in [-0.05, 0) is 73.1 Å². The van der Waals surface area contributed by atoms with E-state index in [1.54, 1.807) is 4.90 Å². The van der Waals surface area contributed by atoms with E-state index in [1.165, 1.54) is 0 Å². The molecule has 2 saturated carbocycles. The van der Waals surface area contributed by atoms with Crippen LogP contribution in [-0.2, 0) is 16.8 Å². The Morgan fingerprint density at radius 3 is 2.62 bits per heavy atom. The molecule has 1 aromatic rings. The van der Waals surface area contributed by atoms with Crippen LogP contribution < -0.4 is 5.73 Å². The molecule has 3 N–H and O–H groups in total. The molecule has 0 aromatic heterocycles. The zero-order chi connectivity index (χ0) is 20.6. The molecule has 2 spiro atoms. The van der Waals surface area contributed by atoms with Crippen molar-refractivity contribution in [2.24, 2.45) is 33.9 Å². The Hall–Kier alpha value is -2.39. The van der Waals surface area contributed by atoms with E-state index in [-0.39, 0.29) is 23.8 Å². The van der Waals surface area contributed by atoms with Crippen LogP contribution in [0.25, 0.3) is 0 Å². The van der Waals surface area contributed by atoms with Gasteiger partial charge in [-0.2, -0.15) is 5.26 Å². The lowest BCUT2D eigenvalue weighted by molar-refractivity contribution is -0.141. The number of nitrogens with zero attached hydrogens (tertiary/aromatic N) is 3. The van der Waals surface area contributed by atoms with Gasteiger partial charge in [-0.25, -0.2) is 4.99 Å². The number of carbonyl (C=O) groups is 1. The second kappa shape index (κ2) is 6.06. The van der Waals surface area contributed by atoms with Gasteiger partial charge < -0.3 is 10.8 Å². The van der Waals surface area contributed by atoms with Crippen LogP contribution in [0.4, 0.5) is 0 Å². The maximum Gasteiger partial charge on any atom is 0.262 e. The first-order valence-corrected chi connectivity index (χ1v) is 10.7. The van der Waals surface area contributed by atoms with Gasteiger partial charge in [0.15, 0.2) is 11.5 Å². The first-order chi connectivity index (χ1) is 13.8. The Bertz CT molecular complexity index is 948. The highest BCUT2D eigenvalue weighted by atomic mass is 16.3. The molecule has 5 atom stereocenters. The van der Waals surface area contributed by atoms with E-state index >= 15 is 0 Å². The molecule has 29 heavy (non-hydrogen) atoms. The van der Waals surface area contributed by atoms with E-state index in [9.17, 15) is 15.2 Å². The SMILES string of the molecule is C[C@@H]1C[C@@]2(Cc3ccc(C#N)cc3[C@]23N=C(N)N(CC2CC2)C3=O)C[C@H](C)[C@H]1O. The zero-order valence-corrected chi connectivity index (χ0v) is 17.1. The zero-order valence-electron chi connectivity index (χ0n) is 17.1. The number of hydrogen-bond donors (Lipinski definition) is 2. The molecule has 3 aliphatic carbocycles. The van der Waals surface area contributed by atoms with E-state index in [1.807, 2.05) is 18.2 Å². The summed E-state index contributed by atoms with van der Waals surface area (Å²) in [7, 11) is 0. The highest BCUT2D eigenvalue weighted by Crippen LogP contribution is 2.63. The van der Waals surface area contributed by atoms with Crippen LogP contribution in [0.3, 0.4) is 0 Å². The summed E-state index contributed by atoms with van der Waals surface area (Å²) in [6.45, 7) is 4.76. The quantitative estimate of drug-likeness (QED) is 0.806. The number of benzene rings is 1. The molecule has 6 nitrogen and oxygen atoms in total. The van der Waals surface area contributed by atoms with Crippen molar-refractivity contribution in [3.05, 3.63) is 34.9 Å². The summed E-state index contributed by atoms with van der Waals surface area (Å²) >= 11 is 0. The van der Waals surface area contributed by atoms with E-state index in [2.05, 4.69) is 19.9 Å². The number of amides is 1. The molecule has 1 heterocycles. The van der Waals surface area contributed by atoms with Crippen molar-refractivity contribution in [1.82, 2.24) is 4.90 Å². The van der Waals surface area contributed by atoms with Gasteiger partial charge in [-0.3, -0.25) is 9.69 Å². The molecule has 6 heteroatoms. The second-order valence-electron chi connectivity index (χ2n) is 9.83. The molecular formula is C23H28N4O2. The normalized spacial score (nSPS) is 38.4. The summed E-state index contributed by atoms with van der Waals surface area (Å²) in [5, 5.41) is 20.1. The van der Waals surface area contributed by atoms with Crippen molar-refractivity contribution in [3.8, 4) is 6.07 Å². The van der Waals surface area contributed by atoms with Crippen LogP contribution in [0, 0.1) is 34.5 Å². The minimum atomic E-state index is -1.07. The van der Waals surface area contributed by atoms with Crippen LogP contribution in [0.1, 0.15) is 56.2 Å². The smallest absolute Gasteiger partial charge is 0.262 e. The Balaban J connectivity index is 1.69. The fraction of sp³-hybridized carbons (Fsp3) is 0.609. The lowest BCUT2D eigenvalue weighted by atomic mass is 9.56. The number of fused-ring (bicyclic) bond motifs is 3. The van der Waals surface area contributed by atoms with Gasteiger partial charge >= 0.3 is 0 Å². The summed E-state index contributed by atoms with van der Waals surface area (Å²) in [4.78, 5) is 20.6. The van der Waals surface area contributed by atoms with Gasteiger partial charge in [0.1, 0.15) is 0 Å². The molecule has 2 fully saturated rings. The number of carbonyl (C=O) groups excluding carboxylic acids is 1. The minimum Gasteiger partial charge on any atom is -0.393 e. The Kier molecular flexibility index (Phi) is 3.89. The predicted molar refractivity (Wildman–Crippen MR) is 109 cm³/mol. The van der Waals surface area contributed by atoms with E-state index in [0.717, 1.165) is 43.2 Å². The number of nitriles is 1. The molecule has 1 amide bonds. The standard InChI is InChI=1S/C23H28N4O2/c1-13-8-22(9-14(2)19(13)28)10-17-6-5-16(11-24)7-18(17)23(22)20(29)27(21(25)26-23)12-15-3-4-15/h5-7,13-15,19,28H,3-4,8-10,12H2,1-2H3,(H2,25,26)/t13-,14+,19+,22+,23-/m1/s1. The summed E-state index contributed by atoms with van der Waals surface area (Å²) in [6, 6.07) is 7.86. The first kappa shape index (κ1) is 18.6. The molecule has 1 aromatic carbocycles. The average molecular weight is 393 g/mol. The second-order valence-corrected chi connectivity index (χ2v) is 9.83. The van der Waals surface area contributed by atoms with Crippen LogP contribution in [0.2, 0.25) is 0 Å². The van der Waals surface area contributed by atoms with E-state index in [0.29, 0.717) is 24.0 Å². The topological polar surface area (TPSA) is 103 Å². The average Bonchev–Trinajstić information content (AvgIpc) is 3.43. The molecule has 5 rings (SSSR count). The molecular weight excluding hydrogens is 364 g/mol. The van der Waals surface area contributed by atoms with Crippen molar-refractivity contribution in [1.29, 1.82) is 5.26 Å². The summed E-state index contributed by atoms with van der Waals surface area (Å²) in [5.41, 5.74) is 7.34. The van der Waals surface area contributed by atoms with E-state index < -0.39 is 11.0 Å². The third-order valence-corrected chi connectivity index (χ3v) is 7.77.